The minimum absolute atomic E-state index is 0.435. The van der Waals surface area contributed by atoms with Crippen LogP contribution in [0.2, 0.25) is 0 Å². The number of fused-ring (bicyclic) bond motifs is 2. The first-order valence-corrected chi connectivity index (χ1v) is 11.4. The van der Waals surface area contributed by atoms with Crippen LogP contribution in [0, 0.1) is 0 Å². The van der Waals surface area contributed by atoms with E-state index in [1.165, 1.54) is 0 Å². The highest BCUT2D eigenvalue weighted by molar-refractivity contribution is 5.94. The fourth-order valence-corrected chi connectivity index (χ4v) is 5.14. The van der Waals surface area contributed by atoms with Gasteiger partial charge in [-0.3, -0.25) is 4.79 Å². The van der Waals surface area contributed by atoms with E-state index in [0.29, 0.717) is 5.75 Å². The molecule has 0 saturated carbocycles. The van der Waals surface area contributed by atoms with Crippen molar-refractivity contribution in [3.63, 3.8) is 0 Å². The van der Waals surface area contributed by atoms with E-state index in [2.05, 4.69) is 48.5 Å². The number of carboxylic acids is 1. The Morgan fingerprint density at radius 3 is 1.65 bits per heavy atom. The molecule has 0 spiro atoms. The molecular formula is C31H26O3. The monoisotopic (exact) mass is 446 g/mol. The molecule has 0 aliphatic carbocycles. The van der Waals surface area contributed by atoms with E-state index in [0.717, 1.165) is 38.2 Å². The molecule has 0 heterocycles. The van der Waals surface area contributed by atoms with Crippen molar-refractivity contribution in [2.45, 2.75) is 18.3 Å². The zero-order valence-corrected chi connectivity index (χ0v) is 19.2. The van der Waals surface area contributed by atoms with Gasteiger partial charge in [-0.25, -0.2) is 0 Å². The van der Waals surface area contributed by atoms with Crippen LogP contribution in [-0.4, -0.2) is 18.2 Å². The normalized spacial score (nSPS) is 13.1. The largest absolute Gasteiger partial charge is 0.497 e. The van der Waals surface area contributed by atoms with Gasteiger partial charge in [0.05, 0.1) is 7.11 Å². The molecule has 1 N–H and O–H groups in total. The topological polar surface area (TPSA) is 46.5 Å². The van der Waals surface area contributed by atoms with Crippen LogP contribution in [0.5, 0.6) is 5.75 Å². The van der Waals surface area contributed by atoms with Crippen molar-refractivity contribution < 1.29 is 14.6 Å². The highest BCUT2D eigenvalue weighted by Crippen LogP contribution is 2.48. The zero-order valence-electron chi connectivity index (χ0n) is 19.2. The van der Waals surface area contributed by atoms with Gasteiger partial charge in [-0.1, -0.05) is 97.1 Å². The second-order valence-corrected chi connectivity index (χ2v) is 8.81. The van der Waals surface area contributed by atoms with E-state index >= 15 is 0 Å². The number of methoxy groups -OCH3 is 1. The first-order valence-electron chi connectivity index (χ1n) is 11.4. The average Bonchev–Trinajstić information content (AvgIpc) is 2.89. The van der Waals surface area contributed by atoms with Crippen molar-refractivity contribution in [2.75, 3.05) is 7.11 Å². The maximum atomic E-state index is 13.2. The highest BCUT2D eigenvalue weighted by atomic mass is 16.5. The van der Waals surface area contributed by atoms with Gasteiger partial charge in [-0.2, -0.15) is 0 Å². The van der Waals surface area contributed by atoms with Gasteiger partial charge in [0.25, 0.3) is 0 Å². The molecule has 1 atom stereocenters. The lowest BCUT2D eigenvalue weighted by Gasteiger charge is -2.36. The predicted octanol–water partition coefficient (Wildman–Crippen LogP) is 7.18. The van der Waals surface area contributed by atoms with Crippen molar-refractivity contribution in [1.29, 1.82) is 0 Å². The number of rotatable bonds is 6. The first-order chi connectivity index (χ1) is 16.5. The number of hydrogen-bond donors (Lipinski definition) is 1. The molecule has 0 unspecified atom stereocenters. The summed E-state index contributed by atoms with van der Waals surface area (Å²) in [6, 6.07) is 36.1. The van der Waals surface area contributed by atoms with E-state index in [9.17, 15) is 9.90 Å². The summed E-state index contributed by atoms with van der Waals surface area (Å²) in [5.41, 5.74) is 1.48. The molecule has 3 nitrogen and oxygen atoms in total. The van der Waals surface area contributed by atoms with Crippen LogP contribution in [0.1, 0.15) is 29.5 Å². The standard InChI is InChI=1S/C31H26O3/c1-31(30(32)33,23-17-19-24(34-2)20-18-23)29(27-15-7-11-21-9-3-5-13-25(21)27)28-16-8-12-22-10-4-6-14-26(22)28/h3-20,29H,1-2H3,(H,32,33)/t31-/m0/s1. The molecule has 0 saturated heterocycles. The average molecular weight is 447 g/mol. The molecule has 168 valence electrons. The Hall–Kier alpha value is -4.11. The quantitative estimate of drug-likeness (QED) is 0.301. The molecule has 5 aromatic rings. The third kappa shape index (κ3) is 3.50. The van der Waals surface area contributed by atoms with E-state index in [4.69, 9.17) is 4.74 Å². The number of hydrogen-bond acceptors (Lipinski definition) is 2. The SMILES string of the molecule is COc1ccc([C@](C)(C(=O)O)C(c2cccc3ccccc23)c2cccc3ccccc23)cc1. The highest BCUT2D eigenvalue weighted by Gasteiger charge is 2.46. The van der Waals surface area contributed by atoms with Crippen LogP contribution in [-0.2, 0) is 10.2 Å². The Bertz CT molecular complexity index is 1400. The Morgan fingerprint density at radius 1 is 0.706 bits per heavy atom. The van der Waals surface area contributed by atoms with Crippen LogP contribution in [0.25, 0.3) is 21.5 Å². The molecule has 34 heavy (non-hydrogen) atoms. The maximum Gasteiger partial charge on any atom is 0.314 e. The van der Waals surface area contributed by atoms with Gasteiger partial charge in [0.15, 0.2) is 0 Å². The van der Waals surface area contributed by atoms with Crippen LogP contribution < -0.4 is 4.74 Å². The first kappa shape index (κ1) is 21.7. The minimum atomic E-state index is -1.24. The summed E-state index contributed by atoms with van der Waals surface area (Å²) in [7, 11) is 1.61. The Balaban J connectivity index is 1.87. The number of benzene rings is 5. The molecule has 5 rings (SSSR count). The molecule has 0 bridgehead atoms. The molecule has 5 aromatic carbocycles. The van der Waals surface area contributed by atoms with Crippen LogP contribution in [0.4, 0.5) is 0 Å². The van der Waals surface area contributed by atoms with Gasteiger partial charge in [0, 0.05) is 5.92 Å². The second kappa shape index (κ2) is 8.68. The molecule has 3 heteroatoms. The Morgan fingerprint density at radius 2 is 1.18 bits per heavy atom. The third-order valence-corrected chi connectivity index (χ3v) is 6.98. The maximum absolute atomic E-state index is 13.2. The van der Waals surface area contributed by atoms with Gasteiger partial charge in [-0.05, 0) is 57.3 Å². The number of carbonyl (C=O) groups is 1. The third-order valence-electron chi connectivity index (χ3n) is 6.98. The van der Waals surface area contributed by atoms with Crippen molar-refractivity contribution in [3.05, 3.63) is 126 Å². The lowest BCUT2D eigenvalue weighted by Crippen LogP contribution is -2.39. The van der Waals surface area contributed by atoms with E-state index in [-0.39, 0.29) is 0 Å². The molecule has 0 amide bonds. The van der Waals surface area contributed by atoms with Gasteiger partial charge >= 0.3 is 5.97 Å². The van der Waals surface area contributed by atoms with Crippen LogP contribution >= 0.6 is 0 Å². The molecule has 0 aliphatic heterocycles. The number of aliphatic carboxylic acids is 1. The van der Waals surface area contributed by atoms with Crippen LogP contribution in [0.3, 0.4) is 0 Å². The fraction of sp³-hybridized carbons (Fsp3) is 0.129. The Kier molecular flexibility index (Phi) is 5.54. The molecule has 0 radical (unpaired) electrons. The molecule has 0 aliphatic rings. The number of carboxylic acid groups (broad SMARTS) is 1. The van der Waals surface area contributed by atoms with Gasteiger partial charge < -0.3 is 9.84 Å². The summed E-state index contributed by atoms with van der Waals surface area (Å²) in [4.78, 5) is 13.2. The fourth-order valence-electron chi connectivity index (χ4n) is 5.14. The van der Waals surface area contributed by atoms with Gasteiger partial charge in [0.2, 0.25) is 0 Å². The zero-order chi connectivity index (χ0) is 23.7. The molecule has 0 aromatic heterocycles. The van der Waals surface area contributed by atoms with Crippen molar-refractivity contribution >= 4 is 27.5 Å². The van der Waals surface area contributed by atoms with E-state index in [1.54, 1.807) is 7.11 Å². The minimum Gasteiger partial charge on any atom is -0.497 e. The van der Waals surface area contributed by atoms with Crippen molar-refractivity contribution in [3.8, 4) is 5.75 Å². The van der Waals surface area contributed by atoms with E-state index in [1.807, 2.05) is 67.6 Å². The van der Waals surface area contributed by atoms with E-state index < -0.39 is 17.3 Å². The summed E-state index contributed by atoms with van der Waals surface area (Å²) >= 11 is 0. The van der Waals surface area contributed by atoms with Crippen molar-refractivity contribution in [2.24, 2.45) is 0 Å². The van der Waals surface area contributed by atoms with Gasteiger partial charge in [-0.15, -0.1) is 0 Å². The molecule has 0 fully saturated rings. The van der Waals surface area contributed by atoms with Gasteiger partial charge in [0.1, 0.15) is 11.2 Å². The summed E-state index contributed by atoms with van der Waals surface area (Å²) in [6.45, 7) is 1.84. The number of ether oxygens (including phenoxy) is 1. The van der Waals surface area contributed by atoms with Crippen molar-refractivity contribution in [1.82, 2.24) is 0 Å². The summed E-state index contributed by atoms with van der Waals surface area (Å²) < 4.78 is 5.34. The predicted molar refractivity (Wildman–Crippen MR) is 138 cm³/mol. The summed E-state index contributed by atoms with van der Waals surface area (Å²) in [6.07, 6.45) is 0. The van der Waals surface area contributed by atoms with Crippen LogP contribution in [0.15, 0.2) is 109 Å². The second-order valence-electron chi connectivity index (χ2n) is 8.81. The smallest absolute Gasteiger partial charge is 0.314 e. The Labute approximate surface area is 199 Å². The summed E-state index contributed by atoms with van der Waals surface area (Å²) in [5.74, 6) is -0.609. The lowest BCUT2D eigenvalue weighted by molar-refractivity contribution is -0.143. The molecular weight excluding hydrogens is 420 g/mol. The lowest BCUT2D eigenvalue weighted by atomic mass is 9.64. The summed E-state index contributed by atoms with van der Waals surface area (Å²) in [5, 5.41) is 15.1.